The van der Waals surface area contributed by atoms with Crippen LogP contribution in [0.2, 0.25) is 0 Å². The molecule has 0 aromatic rings. The second-order valence-electron chi connectivity index (χ2n) is 4.29. The molecule has 3 nitrogen and oxygen atoms in total. The molecule has 0 amide bonds. The quantitative estimate of drug-likeness (QED) is 0.730. The monoisotopic (exact) mass is 245 g/mol. The van der Waals surface area contributed by atoms with E-state index in [4.69, 9.17) is 0 Å². The number of carbonyl (C=O) groups is 1. The van der Waals surface area contributed by atoms with Crippen molar-refractivity contribution in [1.29, 1.82) is 0 Å². The van der Waals surface area contributed by atoms with Gasteiger partial charge in [0, 0.05) is 0 Å². The molecular weight excluding hydrogens is 222 g/mol. The van der Waals surface area contributed by atoms with Gasteiger partial charge in [0.2, 0.25) is 0 Å². The predicted octanol–water partition coefficient (Wildman–Crippen LogP) is 2.46. The first kappa shape index (κ1) is 13.8. The van der Waals surface area contributed by atoms with E-state index in [1.165, 1.54) is 6.42 Å². The maximum Gasteiger partial charge on any atom is 0.320 e. The largest absolute Gasteiger partial charge is 0.480 e. The average molecular weight is 245 g/mol. The molecule has 94 valence electrons. The van der Waals surface area contributed by atoms with Crippen molar-refractivity contribution in [2.45, 2.75) is 45.1 Å². The summed E-state index contributed by atoms with van der Waals surface area (Å²) in [5.74, 6) is 1.67. The zero-order valence-corrected chi connectivity index (χ0v) is 11.0. The van der Waals surface area contributed by atoms with Gasteiger partial charge in [-0.1, -0.05) is 19.8 Å². The van der Waals surface area contributed by atoms with Crippen LogP contribution in [0.4, 0.5) is 0 Å². The number of hydrogen-bond donors (Lipinski definition) is 1. The lowest BCUT2D eigenvalue weighted by Crippen LogP contribution is -2.41. The fourth-order valence-electron chi connectivity index (χ4n) is 2.23. The highest BCUT2D eigenvalue weighted by Gasteiger charge is 2.26. The van der Waals surface area contributed by atoms with Crippen molar-refractivity contribution in [2.75, 3.05) is 24.6 Å². The van der Waals surface area contributed by atoms with Gasteiger partial charge in [-0.2, -0.15) is 11.8 Å². The summed E-state index contributed by atoms with van der Waals surface area (Å²) in [6, 6.07) is -0.228. The molecule has 1 heterocycles. The van der Waals surface area contributed by atoms with Crippen LogP contribution in [0.25, 0.3) is 0 Å². The number of aliphatic carboxylic acids is 1. The van der Waals surface area contributed by atoms with Crippen molar-refractivity contribution < 1.29 is 9.90 Å². The minimum atomic E-state index is -0.634. The molecule has 1 atom stereocenters. The first-order valence-electron chi connectivity index (χ1n) is 6.30. The van der Waals surface area contributed by atoms with E-state index < -0.39 is 5.97 Å². The molecule has 1 unspecified atom stereocenters. The van der Waals surface area contributed by atoms with E-state index in [1.807, 2.05) is 11.8 Å². The molecule has 0 aromatic carbocycles. The minimum absolute atomic E-state index is 0.228. The highest BCUT2D eigenvalue weighted by molar-refractivity contribution is 7.99. The van der Waals surface area contributed by atoms with Crippen molar-refractivity contribution in [3.63, 3.8) is 0 Å². The average Bonchev–Trinajstić information content (AvgIpc) is 2.49. The van der Waals surface area contributed by atoms with Crippen LogP contribution < -0.4 is 0 Å². The summed E-state index contributed by atoms with van der Waals surface area (Å²) >= 11 is 1.94. The number of nitrogens with zero attached hydrogens (tertiary/aromatic N) is 1. The number of likely N-dealkylation sites (tertiary alicyclic amines) is 1. The highest BCUT2D eigenvalue weighted by atomic mass is 32.2. The van der Waals surface area contributed by atoms with E-state index in [-0.39, 0.29) is 6.04 Å². The van der Waals surface area contributed by atoms with E-state index in [1.54, 1.807) is 0 Å². The van der Waals surface area contributed by atoms with E-state index in [0.717, 1.165) is 50.3 Å². The topological polar surface area (TPSA) is 40.5 Å². The van der Waals surface area contributed by atoms with Crippen LogP contribution in [-0.4, -0.2) is 46.6 Å². The van der Waals surface area contributed by atoms with E-state index in [0.29, 0.717) is 0 Å². The predicted molar refractivity (Wildman–Crippen MR) is 69.1 cm³/mol. The molecule has 1 N–H and O–H groups in total. The molecule has 1 fully saturated rings. The zero-order valence-electron chi connectivity index (χ0n) is 10.2. The van der Waals surface area contributed by atoms with Gasteiger partial charge >= 0.3 is 5.97 Å². The van der Waals surface area contributed by atoms with Crippen molar-refractivity contribution in [3.05, 3.63) is 0 Å². The highest BCUT2D eigenvalue weighted by Crippen LogP contribution is 2.17. The molecule has 0 radical (unpaired) electrons. The third-order valence-corrected chi connectivity index (χ3v) is 4.07. The van der Waals surface area contributed by atoms with Crippen LogP contribution in [-0.2, 0) is 4.79 Å². The van der Waals surface area contributed by atoms with Gasteiger partial charge in [0.05, 0.1) is 0 Å². The first-order chi connectivity index (χ1) is 7.75. The molecule has 4 heteroatoms. The molecular formula is C12H23NO2S. The van der Waals surface area contributed by atoms with Gasteiger partial charge < -0.3 is 5.11 Å². The van der Waals surface area contributed by atoms with Gasteiger partial charge in [0.1, 0.15) is 6.04 Å². The van der Waals surface area contributed by atoms with E-state index >= 15 is 0 Å². The minimum Gasteiger partial charge on any atom is -0.480 e. The lowest BCUT2D eigenvalue weighted by molar-refractivity contribution is -0.143. The number of rotatable bonds is 6. The molecule has 0 bridgehead atoms. The summed E-state index contributed by atoms with van der Waals surface area (Å²) in [5.41, 5.74) is 0. The SMILES string of the molecule is CCSCCCN1CCCCCC1C(=O)O. The van der Waals surface area contributed by atoms with Crippen LogP contribution in [0.3, 0.4) is 0 Å². The summed E-state index contributed by atoms with van der Waals surface area (Å²) in [6.07, 6.45) is 5.35. The molecule has 0 aromatic heterocycles. The molecule has 0 spiro atoms. The van der Waals surface area contributed by atoms with Crippen molar-refractivity contribution in [2.24, 2.45) is 0 Å². The Bertz CT molecular complexity index is 211. The maximum atomic E-state index is 11.2. The zero-order chi connectivity index (χ0) is 11.8. The number of carboxylic acid groups (broad SMARTS) is 1. The summed E-state index contributed by atoms with van der Waals surface area (Å²) in [5, 5.41) is 9.19. The Morgan fingerprint density at radius 3 is 2.94 bits per heavy atom. The summed E-state index contributed by atoms with van der Waals surface area (Å²) < 4.78 is 0. The van der Waals surface area contributed by atoms with Gasteiger partial charge in [0.15, 0.2) is 0 Å². The van der Waals surface area contributed by atoms with Crippen LogP contribution in [0.5, 0.6) is 0 Å². The lowest BCUT2D eigenvalue weighted by atomic mass is 10.1. The second kappa shape index (κ2) is 7.96. The molecule has 0 aliphatic carbocycles. The molecule has 1 aliphatic heterocycles. The van der Waals surface area contributed by atoms with Crippen molar-refractivity contribution in [1.82, 2.24) is 4.90 Å². The third-order valence-electron chi connectivity index (χ3n) is 3.09. The number of hydrogen-bond acceptors (Lipinski definition) is 3. The Balaban J connectivity index is 2.35. The van der Waals surface area contributed by atoms with Crippen LogP contribution in [0.15, 0.2) is 0 Å². The van der Waals surface area contributed by atoms with Gasteiger partial charge in [-0.3, -0.25) is 9.69 Å². The molecule has 16 heavy (non-hydrogen) atoms. The maximum absolute atomic E-state index is 11.2. The van der Waals surface area contributed by atoms with E-state index in [2.05, 4.69) is 11.8 Å². The summed E-state index contributed by atoms with van der Waals surface area (Å²) in [4.78, 5) is 13.3. The normalized spacial score (nSPS) is 22.9. The lowest BCUT2D eigenvalue weighted by Gasteiger charge is -2.26. The van der Waals surface area contributed by atoms with Gasteiger partial charge in [0.25, 0.3) is 0 Å². The van der Waals surface area contributed by atoms with Crippen LogP contribution in [0, 0.1) is 0 Å². The molecule has 1 rings (SSSR count). The number of carboxylic acids is 1. The second-order valence-corrected chi connectivity index (χ2v) is 5.68. The Labute approximate surface area is 103 Å². The summed E-state index contributed by atoms with van der Waals surface area (Å²) in [7, 11) is 0. The van der Waals surface area contributed by atoms with Crippen LogP contribution >= 0.6 is 11.8 Å². The van der Waals surface area contributed by atoms with Gasteiger partial charge in [-0.25, -0.2) is 0 Å². The van der Waals surface area contributed by atoms with Crippen molar-refractivity contribution >= 4 is 17.7 Å². The van der Waals surface area contributed by atoms with Crippen LogP contribution in [0.1, 0.15) is 39.0 Å². The summed E-state index contributed by atoms with van der Waals surface area (Å²) in [6.45, 7) is 4.08. The van der Waals surface area contributed by atoms with Gasteiger partial charge in [-0.15, -0.1) is 0 Å². The third kappa shape index (κ3) is 4.74. The fourth-order valence-corrected chi connectivity index (χ4v) is 2.85. The van der Waals surface area contributed by atoms with Gasteiger partial charge in [-0.05, 0) is 43.9 Å². The standard InChI is InChI=1S/C12H23NO2S/c1-2-16-10-6-9-13-8-5-3-4-7-11(13)12(14)15/h11H,2-10H2,1H3,(H,14,15). The van der Waals surface area contributed by atoms with Crippen molar-refractivity contribution in [3.8, 4) is 0 Å². The van der Waals surface area contributed by atoms with E-state index in [9.17, 15) is 9.90 Å². The number of thioether (sulfide) groups is 1. The molecule has 1 saturated heterocycles. The molecule has 0 saturated carbocycles. The molecule has 1 aliphatic rings. The Morgan fingerprint density at radius 1 is 1.44 bits per heavy atom. The Morgan fingerprint density at radius 2 is 2.25 bits per heavy atom. The Kier molecular flexibility index (Phi) is 6.88. The smallest absolute Gasteiger partial charge is 0.320 e. The Hall–Kier alpha value is -0.220. The fraction of sp³-hybridized carbons (Fsp3) is 0.917. The first-order valence-corrected chi connectivity index (χ1v) is 7.45.